The molecule has 0 amide bonds. The van der Waals surface area contributed by atoms with Gasteiger partial charge in [0.1, 0.15) is 5.69 Å². The normalized spacial score (nSPS) is 10.7. The lowest BCUT2D eigenvalue weighted by Gasteiger charge is -2.12. The van der Waals surface area contributed by atoms with Gasteiger partial charge in [0.2, 0.25) is 0 Å². The van der Waals surface area contributed by atoms with Gasteiger partial charge in [0.05, 0.1) is 25.1 Å². The number of rotatable bonds is 5. The third-order valence-corrected chi connectivity index (χ3v) is 3.77. The first-order valence-electron chi connectivity index (χ1n) is 7.78. The number of halogens is 1. The minimum atomic E-state index is -0.557. The molecule has 0 aliphatic carbocycles. The molecule has 0 radical (unpaired) electrons. The first kappa shape index (κ1) is 16.8. The number of ether oxygens (including phenoxy) is 2. The maximum Gasteiger partial charge on any atom is 0.356 e. The minimum absolute atomic E-state index is 0.0976. The standard InChI is InChI=1S/C18H18FN3O3/c1-4-25-18(23)17-12(13-9-10-21(2)20-13)8-11-22(17)14-6-5-7-15(24-3)16(14)19/h5-11H,4H2,1-3H3. The zero-order valence-electron chi connectivity index (χ0n) is 14.2. The van der Waals surface area contributed by atoms with Gasteiger partial charge in [-0.2, -0.15) is 5.10 Å². The molecule has 0 saturated heterocycles. The van der Waals surface area contributed by atoms with Crippen LogP contribution in [0.4, 0.5) is 4.39 Å². The van der Waals surface area contributed by atoms with E-state index in [1.165, 1.54) is 17.7 Å². The monoisotopic (exact) mass is 343 g/mol. The molecule has 25 heavy (non-hydrogen) atoms. The van der Waals surface area contributed by atoms with Crippen LogP contribution in [0.3, 0.4) is 0 Å². The quantitative estimate of drug-likeness (QED) is 0.668. The fourth-order valence-corrected chi connectivity index (χ4v) is 2.65. The lowest BCUT2D eigenvalue weighted by atomic mass is 10.1. The van der Waals surface area contributed by atoms with E-state index >= 15 is 0 Å². The summed E-state index contributed by atoms with van der Waals surface area (Å²) in [5.74, 6) is -1.01. The first-order valence-corrected chi connectivity index (χ1v) is 7.78. The molecule has 2 aromatic heterocycles. The SMILES string of the molecule is CCOC(=O)c1c(-c2ccn(C)n2)ccn1-c1cccc(OC)c1F. The highest BCUT2D eigenvalue weighted by atomic mass is 19.1. The van der Waals surface area contributed by atoms with E-state index in [1.54, 1.807) is 55.3 Å². The number of carbonyl (C=O) groups is 1. The van der Waals surface area contributed by atoms with Crippen LogP contribution in [0.25, 0.3) is 16.9 Å². The van der Waals surface area contributed by atoms with Gasteiger partial charge in [0.25, 0.3) is 0 Å². The third-order valence-electron chi connectivity index (χ3n) is 3.77. The van der Waals surface area contributed by atoms with Gasteiger partial charge >= 0.3 is 5.97 Å². The van der Waals surface area contributed by atoms with Crippen LogP contribution in [-0.4, -0.2) is 34.0 Å². The van der Waals surface area contributed by atoms with Crippen LogP contribution in [0, 0.1) is 5.82 Å². The predicted molar refractivity (Wildman–Crippen MR) is 90.4 cm³/mol. The topological polar surface area (TPSA) is 58.3 Å². The Morgan fingerprint density at radius 2 is 2.04 bits per heavy atom. The van der Waals surface area contributed by atoms with Crippen LogP contribution in [0.1, 0.15) is 17.4 Å². The molecule has 1 aromatic carbocycles. The third kappa shape index (κ3) is 3.00. The highest BCUT2D eigenvalue weighted by Gasteiger charge is 2.24. The predicted octanol–water partition coefficient (Wildman–Crippen LogP) is 3.20. The van der Waals surface area contributed by atoms with E-state index in [-0.39, 0.29) is 23.7 Å². The first-order chi connectivity index (χ1) is 12.1. The molecular weight excluding hydrogens is 325 g/mol. The van der Waals surface area contributed by atoms with Gasteiger partial charge in [-0.25, -0.2) is 9.18 Å². The molecule has 0 bridgehead atoms. The Balaban J connectivity index is 2.21. The van der Waals surface area contributed by atoms with Gasteiger partial charge in [-0.15, -0.1) is 0 Å². The number of hydrogen-bond donors (Lipinski definition) is 0. The number of methoxy groups -OCH3 is 1. The van der Waals surface area contributed by atoms with E-state index in [0.29, 0.717) is 11.3 Å². The number of benzene rings is 1. The van der Waals surface area contributed by atoms with Gasteiger partial charge < -0.3 is 14.0 Å². The van der Waals surface area contributed by atoms with Gasteiger partial charge in [0.15, 0.2) is 11.6 Å². The number of aryl methyl sites for hydroxylation is 1. The van der Waals surface area contributed by atoms with Gasteiger partial charge in [0, 0.05) is 25.0 Å². The summed E-state index contributed by atoms with van der Waals surface area (Å²) in [6.45, 7) is 1.93. The molecule has 2 heterocycles. The zero-order chi connectivity index (χ0) is 18.0. The van der Waals surface area contributed by atoms with Crippen molar-refractivity contribution in [2.45, 2.75) is 6.92 Å². The van der Waals surface area contributed by atoms with Crippen LogP contribution in [0.2, 0.25) is 0 Å². The summed E-state index contributed by atoms with van der Waals surface area (Å²) in [6, 6.07) is 8.25. The highest BCUT2D eigenvalue weighted by molar-refractivity contribution is 5.96. The van der Waals surface area contributed by atoms with Crippen molar-refractivity contribution in [2.75, 3.05) is 13.7 Å². The van der Waals surface area contributed by atoms with Crippen LogP contribution < -0.4 is 4.74 Å². The van der Waals surface area contributed by atoms with Crippen LogP contribution in [0.15, 0.2) is 42.7 Å². The molecule has 0 atom stereocenters. The van der Waals surface area contributed by atoms with Gasteiger partial charge in [-0.05, 0) is 31.2 Å². The summed E-state index contributed by atoms with van der Waals surface area (Å²) in [5, 5.41) is 4.32. The molecule has 0 spiro atoms. The van der Waals surface area contributed by atoms with Crippen LogP contribution >= 0.6 is 0 Å². The molecule has 0 fully saturated rings. The number of nitrogens with zero attached hydrogens (tertiary/aromatic N) is 3. The summed E-state index contributed by atoms with van der Waals surface area (Å²) in [4.78, 5) is 12.5. The molecular formula is C18H18FN3O3. The Morgan fingerprint density at radius 1 is 1.24 bits per heavy atom. The second kappa shape index (κ2) is 6.80. The van der Waals surface area contributed by atoms with Crippen molar-refractivity contribution in [3.8, 4) is 22.7 Å². The molecule has 0 saturated carbocycles. The van der Waals surface area contributed by atoms with E-state index in [9.17, 15) is 9.18 Å². The maximum atomic E-state index is 14.7. The smallest absolute Gasteiger partial charge is 0.356 e. The number of esters is 1. The molecule has 3 aromatic rings. The molecule has 0 aliphatic rings. The van der Waals surface area contributed by atoms with E-state index in [1.807, 2.05) is 0 Å². The van der Waals surface area contributed by atoms with Crippen molar-refractivity contribution in [3.05, 3.63) is 54.2 Å². The molecule has 7 heteroatoms. The fraction of sp³-hybridized carbons (Fsp3) is 0.222. The summed E-state index contributed by atoms with van der Waals surface area (Å²) >= 11 is 0. The van der Waals surface area contributed by atoms with E-state index < -0.39 is 11.8 Å². The van der Waals surface area contributed by atoms with Crippen LogP contribution in [0.5, 0.6) is 5.75 Å². The summed E-state index contributed by atoms with van der Waals surface area (Å²) in [5.41, 5.74) is 1.59. The summed E-state index contributed by atoms with van der Waals surface area (Å²) in [7, 11) is 3.18. The fourth-order valence-electron chi connectivity index (χ4n) is 2.65. The Morgan fingerprint density at radius 3 is 2.68 bits per heavy atom. The lowest BCUT2D eigenvalue weighted by Crippen LogP contribution is -2.13. The maximum absolute atomic E-state index is 14.7. The molecule has 0 N–H and O–H groups in total. The molecule has 0 unspecified atom stereocenters. The highest BCUT2D eigenvalue weighted by Crippen LogP contribution is 2.30. The van der Waals surface area contributed by atoms with Crippen molar-refractivity contribution in [2.24, 2.45) is 7.05 Å². The zero-order valence-corrected chi connectivity index (χ0v) is 14.2. The van der Waals surface area contributed by atoms with Crippen molar-refractivity contribution < 1.29 is 18.7 Å². The Bertz CT molecular complexity index is 914. The average Bonchev–Trinajstić information content (AvgIpc) is 3.21. The van der Waals surface area contributed by atoms with Crippen LogP contribution in [-0.2, 0) is 11.8 Å². The average molecular weight is 343 g/mol. The Kier molecular flexibility index (Phi) is 4.56. The molecule has 0 aliphatic heterocycles. The second-order valence-corrected chi connectivity index (χ2v) is 5.34. The van der Waals surface area contributed by atoms with E-state index in [4.69, 9.17) is 9.47 Å². The molecule has 6 nitrogen and oxygen atoms in total. The largest absolute Gasteiger partial charge is 0.494 e. The van der Waals surface area contributed by atoms with E-state index in [0.717, 1.165) is 0 Å². The summed E-state index contributed by atoms with van der Waals surface area (Å²) < 4.78 is 28.0. The van der Waals surface area contributed by atoms with Crippen molar-refractivity contribution >= 4 is 5.97 Å². The molecule has 3 rings (SSSR count). The summed E-state index contributed by atoms with van der Waals surface area (Å²) in [6.07, 6.45) is 3.39. The van der Waals surface area contributed by atoms with Crippen molar-refractivity contribution in [3.63, 3.8) is 0 Å². The number of hydrogen-bond acceptors (Lipinski definition) is 4. The molecule has 130 valence electrons. The van der Waals surface area contributed by atoms with E-state index in [2.05, 4.69) is 5.10 Å². The van der Waals surface area contributed by atoms with Gasteiger partial charge in [-0.1, -0.05) is 6.07 Å². The minimum Gasteiger partial charge on any atom is -0.494 e. The lowest BCUT2D eigenvalue weighted by molar-refractivity contribution is 0.0518. The number of carbonyl (C=O) groups excluding carboxylic acids is 1. The number of aromatic nitrogens is 3. The Hall–Kier alpha value is -3.09. The van der Waals surface area contributed by atoms with Crippen molar-refractivity contribution in [1.82, 2.24) is 14.3 Å². The Labute approximate surface area is 144 Å². The second-order valence-electron chi connectivity index (χ2n) is 5.34. The van der Waals surface area contributed by atoms with Crippen molar-refractivity contribution in [1.29, 1.82) is 0 Å². The van der Waals surface area contributed by atoms with Gasteiger partial charge in [-0.3, -0.25) is 4.68 Å².